The molecule has 0 radical (unpaired) electrons. The average molecular weight is 485 g/mol. The van der Waals surface area contributed by atoms with Crippen molar-refractivity contribution in [1.29, 1.82) is 5.41 Å². The zero-order chi connectivity index (χ0) is 23.8. The SMILES string of the molecule is N=CCOc1cccc(CNc2nc(Nc3cnn(CC(=O)N4CCOCC4)c3)ncc2Cl)c1. The molecule has 3 aromatic rings. The Bertz CT molecular complexity index is 1130. The number of ether oxygens (including phenoxy) is 2. The van der Waals surface area contributed by atoms with E-state index < -0.39 is 0 Å². The van der Waals surface area contributed by atoms with Crippen molar-refractivity contribution in [2.24, 2.45) is 0 Å². The summed E-state index contributed by atoms with van der Waals surface area (Å²) in [6.07, 6.45) is 6.04. The van der Waals surface area contributed by atoms with Gasteiger partial charge in [-0.1, -0.05) is 23.7 Å². The van der Waals surface area contributed by atoms with Crippen LogP contribution < -0.4 is 15.4 Å². The van der Waals surface area contributed by atoms with Crippen LogP contribution in [0.5, 0.6) is 5.75 Å². The molecule has 1 fully saturated rings. The number of amides is 1. The second kappa shape index (κ2) is 11.4. The Morgan fingerprint density at radius 2 is 2.15 bits per heavy atom. The van der Waals surface area contributed by atoms with Crippen LogP contribution in [0.2, 0.25) is 5.02 Å². The van der Waals surface area contributed by atoms with E-state index in [-0.39, 0.29) is 19.1 Å². The molecule has 2 aromatic heterocycles. The number of carbonyl (C=O) groups excluding carboxylic acids is 1. The molecule has 0 unspecified atom stereocenters. The molecule has 34 heavy (non-hydrogen) atoms. The van der Waals surface area contributed by atoms with Gasteiger partial charge in [0.15, 0.2) is 5.82 Å². The number of rotatable bonds is 10. The van der Waals surface area contributed by atoms with E-state index in [9.17, 15) is 4.79 Å². The van der Waals surface area contributed by atoms with Gasteiger partial charge >= 0.3 is 0 Å². The number of hydrogen-bond donors (Lipinski definition) is 3. The Hall–Kier alpha value is -3.70. The van der Waals surface area contributed by atoms with Crippen LogP contribution in [0, 0.1) is 5.41 Å². The fourth-order valence-corrected chi connectivity index (χ4v) is 3.47. The fourth-order valence-electron chi connectivity index (χ4n) is 3.32. The van der Waals surface area contributed by atoms with Crippen LogP contribution >= 0.6 is 11.6 Å². The first-order valence-electron chi connectivity index (χ1n) is 10.7. The summed E-state index contributed by atoms with van der Waals surface area (Å²) in [5.41, 5.74) is 1.62. The zero-order valence-electron chi connectivity index (χ0n) is 18.4. The van der Waals surface area contributed by atoms with Gasteiger partial charge in [-0.3, -0.25) is 9.48 Å². The van der Waals surface area contributed by atoms with Crippen molar-refractivity contribution in [3.63, 3.8) is 0 Å². The minimum atomic E-state index is -0.000487. The van der Waals surface area contributed by atoms with Crippen molar-refractivity contribution < 1.29 is 14.3 Å². The summed E-state index contributed by atoms with van der Waals surface area (Å²) in [5, 5.41) is 18.0. The summed E-state index contributed by atoms with van der Waals surface area (Å²) in [4.78, 5) is 22.8. The molecule has 12 heteroatoms. The van der Waals surface area contributed by atoms with Crippen molar-refractivity contribution >= 4 is 41.2 Å². The Balaban J connectivity index is 1.35. The van der Waals surface area contributed by atoms with Gasteiger partial charge in [0.2, 0.25) is 11.9 Å². The molecule has 1 aromatic carbocycles. The quantitative estimate of drug-likeness (QED) is 0.374. The normalized spacial score (nSPS) is 13.4. The second-order valence-electron chi connectivity index (χ2n) is 7.45. The van der Waals surface area contributed by atoms with Crippen molar-refractivity contribution in [2.45, 2.75) is 13.1 Å². The summed E-state index contributed by atoms with van der Waals surface area (Å²) in [6.45, 7) is 3.17. The van der Waals surface area contributed by atoms with Gasteiger partial charge in [-0.05, 0) is 17.7 Å². The molecule has 1 aliphatic heterocycles. The van der Waals surface area contributed by atoms with Gasteiger partial charge < -0.3 is 30.4 Å². The number of nitrogens with one attached hydrogen (secondary N) is 3. The molecule has 1 amide bonds. The maximum Gasteiger partial charge on any atom is 0.244 e. The van der Waals surface area contributed by atoms with Crippen LogP contribution in [0.15, 0.2) is 42.9 Å². The highest BCUT2D eigenvalue weighted by Gasteiger charge is 2.17. The Morgan fingerprint density at radius 1 is 1.29 bits per heavy atom. The number of benzene rings is 1. The maximum atomic E-state index is 12.4. The van der Waals surface area contributed by atoms with Gasteiger partial charge in [-0.2, -0.15) is 10.1 Å². The van der Waals surface area contributed by atoms with Crippen molar-refractivity contribution in [3.05, 3.63) is 53.4 Å². The number of carbonyl (C=O) groups is 1. The number of nitrogens with zero attached hydrogens (tertiary/aromatic N) is 5. The number of halogens is 1. The standard InChI is InChI=1S/C22H25ClN8O3/c23-19-13-26-22(29-21(19)25-11-16-2-1-3-18(10-16)34-7-4-24)28-17-12-27-31(14-17)15-20(32)30-5-8-33-9-6-30/h1-4,10,12-14,24H,5-9,11,15H2,(H2,25,26,28,29). The molecule has 0 atom stereocenters. The summed E-state index contributed by atoms with van der Waals surface area (Å²) >= 11 is 6.27. The highest BCUT2D eigenvalue weighted by atomic mass is 35.5. The largest absolute Gasteiger partial charge is 0.488 e. The first-order chi connectivity index (χ1) is 16.6. The molecule has 3 N–H and O–H groups in total. The zero-order valence-corrected chi connectivity index (χ0v) is 19.2. The fraction of sp³-hybridized carbons (Fsp3) is 0.318. The van der Waals surface area contributed by atoms with E-state index in [0.29, 0.717) is 61.1 Å². The predicted molar refractivity (Wildman–Crippen MR) is 128 cm³/mol. The highest BCUT2D eigenvalue weighted by molar-refractivity contribution is 6.32. The van der Waals surface area contributed by atoms with Crippen molar-refractivity contribution in [2.75, 3.05) is 43.5 Å². The molecular formula is C22H25ClN8O3. The monoisotopic (exact) mass is 484 g/mol. The second-order valence-corrected chi connectivity index (χ2v) is 7.86. The Morgan fingerprint density at radius 3 is 2.97 bits per heavy atom. The molecule has 178 valence electrons. The van der Waals surface area contributed by atoms with E-state index >= 15 is 0 Å². The van der Waals surface area contributed by atoms with E-state index in [1.807, 2.05) is 24.3 Å². The van der Waals surface area contributed by atoms with Crippen molar-refractivity contribution in [3.8, 4) is 5.75 Å². The third-order valence-electron chi connectivity index (χ3n) is 4.99. The molecule has 0 aliphatic carbocycles. The van der Waals surface area contributed by atoms with E-state index in [1.165, 1.54) is 12.4 Å². The van der Waals surface area contributed by atoms with Crippen molar-refractivity contribution in [1.82, 2.24) is 24.6 Å². The molecule has 1 aliphatic rings. The molecular weight excluding hydrogens is 460 g/mol. The van der Waals surface area contributed by atoms with Gasteiger partial charge in [0.05, 0.1) is 31.3 Å². The van der Waals surface area contributed by atoms with Gasteiger partial charge in [0, 0.05) is 32.0 Å². The topological polar surface area (TPSA) is 130 Å². The summed E-state index contributed by atoms with van der Waals surface area (Å²) in [6, 6.07) is 7.55. The molecule has 11 nitrogen and oxygen atoms in total. The number of hydrogen-bond acceptors (Lipinski definition) is 9. The molecule has 0 saturated carbocycles. The van der Waals surface area contributed by atoms with E-state index in [2.05, 4.69) is 25.7 Å². The molecule has 0 bridgehead atoms. The van der Waals surface area contributed by atoms with Crippen LogP contribution in [-0.4, -0.2) is 69.7 Å². The Labute approximate surface area is 201 Å². The lowest BCUT2D eigenvalue weighted by molar-refractivity contribution is -0.136. The first kappa shape index (κ1) is 23.5. The lowest BCUT2D eigenvalue weighted by Gasteiger charge is -2.26. The number of anilines is 3. The van der Waals surface area contributed by atoms with Crippen LogP contribution in [-0.2, 0) is 22.6 Å². The number of aromatic nitrogens is 4. The van der Waals surface area contributed by atoms with Crippen LogP contribution in [0.25, 0.3) is 0 Å². The average Bonchev–Trinajstić information content (AvgIpc) is 3.30. The molecule has 4 rings (SSSR count). The first-order valence-corrected chi connectivity index (χ1v) is 11.1. The highest BCUT2D eigenvalue weighted by Crippen LogP contribution is 2.22. The van der Waals surface area contributed by atoms with Crippen LogP contribution in [0.4, 0.5) is 17.5 Å². The minimum Gasteiger partial charge on any atom is -0.488 e. The predicted octanol–water partition coefficient (Wildman–Crippen LogP) is 2.57. The third kappa shape index (κ3) is 6.42. The van der Waals surface area contributed by atoms with E-state index in [0.717, 1.165) is 5.56 Å². The molecule has 1 saturated heterocycles. The van der Waals surface area contributed by atoms with E-state index in [1.54, 1.807) is 22.0 Å². The third-order valence-corrected chi connectivity index (χ3v) is 5.26. The van der Waals surface area contributed by atoms with Crippen LogP contribution in [0.1, 0.15) is 5.56 Å². The maximum absolute atomic E-state index is 12.4. The Kier molecular flexibility index (Phi) is 7.89. The lowest BCUT2D eigenvalue weighted by atomic mass is 10.2. The molecule has 3 heterocycles. The smallest absolute Gasteiger partial charge is 0.244 e. The van der Waals surface area contributed by atoms with E-state index in [4.69, 9.17) is 26.5 Å². The summed E-state index contributed by atoms with van der Waals surface area (Å²) in [7, 11) is 0. The lowest BCUT2D eigenvalue weighted by Crippen LogP contribution is -2.42. The summed E-state index contributed by atoms with van der Waals surface area (Å²) < 4.78 is 12.3. The van der Waals surface area contributed by atoms with Crippen LogP contribution in [0.3, 0.4) is 0 Å². The summed E-state index contributed by atoms with van der Waals surface area (Å²) in [5.74, 6) is 1.50. The van der Waals surface area contributed by atoms with Gasteiger partial charge in [0.1, 0.15) is 23.9 Å². The van der Waals surface area contributed by atoms with Gasteiger partial charge in [0.25, 0.3) is 0 Å². The minimum absolute atomic E-state index is 0.000487. The number of morpholine rings is 1. The molecule has 0 spiro atoms. The van der Waals surface area contributed by atoms with Gasteiger partial charge in [-0.15, -0.1) is 0 Å². The van der Waals surface area contributed by atoms with Gasteiger partial charge in [-0.25, -0.2) is 4.98 Å².